The molecule has 7 heteroatoms. The molecule has 0 aromatic carbocycles. The fourth-order valence-electron chi connectivity index (χ4n) is 1.36. The molecule has 1 rings (SSSR count). The van der Waals surface area contributed by atoms with Crippen molar-refractivity contribution in [2.45, 2.75) is 25.8 Å². The molecule has 1 heterocycles. The van der Waals surface area contributed by atoms with E-state index in [-0.39, 0.29) is 24.4 Å². The second-order valence-electron chi connectivity index (χ2n) is 3.72. The van der Waals surface area contributed by atoms with Gasteiger partial charge < -0.3 is 21.5 Å². The molecule has 0 saturated carbocycles. The third kappa shape index (κ3) is 3.86. The topological polar surface area (TPSA) is 100 Å². The lowest BCUT2D eigenvalue weighted by molar-refractivity contribution is 0.0941. The van der Waals surface area contributed by atoms with Gasteiger partial charge in [0.2, 0.25) is 0 Å². The predicted octanol–water partition coefficient (Wildman–Crippen LogP) is 0.658. The van der Waals surface area contributed by atoms with Gasteiger partial charge in [0.15, 0.2) is 5.13 Å². The molecule has 0 spiro atoms. The van der Waals surface area contributed by atoms with E-state index in [1.165, 1.54) is 11.3 Å². The van der Waals surface area contributed by atoms with Crippen LogP contribution in [0.5, 0.6) is 0 Å². The monoisotopic (exact) mass is 258 g/mol. The summed E-state index contributed by atoms with van der Waals surface area (Å²) in [4.78, 5) is 16.3. The number of nitrogens with two attached hydrogens (primary N) is 1. The van der Waals surface area contributed by atoms with Crippen molar-refractivity contribution in [1.29, 1.82) is 0 Å². The van der Waals surface area contributed by atoms with Crippen LogP contribution in [0, 0.1) is 0 Å². The number of nitrogens with one attached hydrogen (secondary N) is 2. The minimum atomic E-state index is -0.216. The number of aliphatic hydroxyl groups excluding tert-OH is 1. The standard InChI is InChI=1S/C10H18N4O2S/c1-6(4-3-5-15)13-9(16)7-8(11)14-10(12-2)17-7/h6,15H,3-5,11H2,1-2H3,(H,12,14)(H,13,16). The van der Waals surface area contributed by atoms with Crippen LogP contribution in [-0.2, 0) is 0 Å². The maximum atomic E-state index is 11.9. The summed E-state index contributed by atoms with van der Waals surface area (Å²) in [5.74, 6) is 0.0261. The van der Waals surface area contributed by atoms with Gasteiger partial charge >= 0.3 is 0 Å². The van der Waals surface area contributed by atoms with Gasteiger partial charge in [0.1, 0.15) is 10.7 Å². The van der Waals surface area contributed by atoms with Crippen molar-refractivity contribution in [3.05, 3.63) is 4.88 Å². The van der Waals surface area contributed by atoms with Crippen molar-refractivity contribution in [3.63, 3.8) is 0 Å². The SMILES string of the molecule is CNc1nc(N)c(C(=O)NC(C)CCCO)s1. The van der Waals surface area contributed by atoms with E-state index in [4.69, 9.17) is 10.8 Å². The molecule has 0 radical (unpaired) electrons. The molecule has 17 heavy (non-hydrogen) atoms. The van der Waals surface area contributed by atoms with Gasteiger partial charge in [-0.2, -0.15) is 0 Å². The lowest BCUT2D eigenvalue weighted by Gasteiger charge is -2.12. The van der Waals surface area contributed by atoms with E-state index < -0.39 is 0 Å². The van der Waals surface area contributed by atoms with Crippen molar-refractivity contribution in [2.24, 2.45) is 0 Å². The molecular formula is C10H18N4O2S. The molecule has 5 N–H and O–H groups in total. The molecule has 0 aliphatic rings. The summed E-state index contributed by atoms with van der Waals surface area (Å²) < 4.78 is 0. The number of carbonyl (C=O) groups is 1. The second kappa shape index (κ2) is 6.41. The Kier molecular flexibility index (Phi) is 5.17. The smallest absolute Gasteiger partial charge is 0.265 e. The number of hydrogen-bond acceptors (Lipinski definition) is 6. The molecule has 0 fully saturated rings. The van der Waals surface area contributed by atoms with Crippen LogP contribution in [0.4, 0.5) is 10.9 Å². The fraction of sp³-hybridized carbons (Fsp3) is 0.600. The first-order valence-corrected chi connectivity index (χ1v) is 6.26. The third-order valence-electron chi connectivity index (χ3n) is 2.25. The Hall–Kier alpha value is -1.34. The first kappa shape index (κ1) is 13.7. The van der Waals surface area contributed by atoms with E-state index in [9.17, 15) is 4.79 Å². The zero-order valence-corrected chi connectivity index (χ0v) is 10.8. The zero-order valence-electron chi connectivity index (χ0n) is 9.99. The molecule has 1 unspecified atom stereocenters. The number of thiazole rings is 1. The van der Waals surface area contributed by atoms with Gasteiger partial charge in [-0.1, -0.05) is 11.3 Å². The largest absolute Gasteiger partial charge is 0.396 e. The van der Waals surface area contributed by atoms with E-state index in [1.807, 2.05) is 6.92 Å². The average molecular weight is 258 g/mol. The lowest BCUT2D eigenvalue weighted by atomic mass is 10.2. The third-order valence-corrected chi connectivity index (χ3v) is 3.33. The van der Waals surface area contributed by atoms with Gasteiger partial charge in [0, 0.05) is 19.7 Å². The van der Waals surface area contributed by atoms with E-state index in [2.05, 4.69) is 15.6 Å². The number of rotatable bonds is 6. The first-order valence-electron chi connectivity index (χ1n) is 5.44. The minimum Gasteiger partial charge on any atom is -0.396 e. The van der Waals surface area contributed by atoms with Crippen LogP contribution in [0.25, 0.3) is 0 Å². The fourth-order valence-corrected chi connectivity index (χ4v) is 2.10. The molecule has 1 aromatic heterocycles. The van der Waals surface area contributed by atoms with Gasteiger partial charge in [-0.25, -0.2) is 4.98 Å². The Labute approximate surface area is 104 Å². The van der Waals surface area contributed by atoms with E-state index >= 15 is 0 Å². The second-order valence-corrected chi connectivity index (χ2v) is 4.72. The maximum absolute atomic E-state index is 11.9. The molecule has 96 valence electrons. The Bertz CT molecular complexity index is 380. The number of aliphatic hydroxyl groups is 1. The van der Waals surface area contributed by atoms with E-state index in [0.29, 0.717) is 16.4 Å². The molecular weight excluding hydrogens is 240 g/mol. The number of hydrogen-bond donors (Lipinski definition) is 4. The number of nitrogen functional groups attached to an aromatic ring is 1. The summed E-state index contributed by atoms with van der Waals surface area (Å²) in [5.41, 5.74) is 5.65. The highest BCUT2D eigenvalue weighted by Gasteiger charge is 2.17. The van der Waals surface area contributed by atoms with E-state index in [0.717, 1.165) is 6.42 Å². The zero-order chi connectivity index (χ0) is 12.8. The number of amides is 1. The first-order chi connectivity index (χ1) is 8.08. The quantitative estimate of drug-likeness (QED) is 0.600. The van der Waals surface area contributed by atoms with Crippen molar-refractivity contribution in [2.75, 3.05) is 24.7 Å². The summed E-state index contributed by atoms with van der Waals surface area (Å²) in [6.07, 6.45) is 1.40. The predicted molar refractivity (Wildman–Crippen MR) is 69.3 cm³/mol. The Balaban J connectivity index is 2.59. The Morgan fingerprint density at radius 3 is 2.88 bits per heavy atom. The molecule has 0 aliphatic carbocycles. The van der Waals surface area contributed by atoms with Crippen LogP contribution >= 0.6 is 11.3 Å². The molecule has 6 nitrogen and oxygen atoms in total. The number of nitrogens with zero attached hydrogens (tertiary/aromatic N) is 1. The highest BCUT2D eigenvalue weighted by molar-refractivity contribution is 7.18. The molecule has 1 atom stereocenters. The minimum absolute atomic E-state index is 0.00851. The van der Waals surface area contributed by atoms with Crippen LogP contribution < -0.4 is 16.4 Å². The lowest BCUT2D eigenvalue weighted by Crippen LogP contribution is -2.32. The summed E-state index contributed by atoms with van der Waals surface area (Å²) >= 11 is 1.22. The molecule has 0 bridgehead atoms. The summed E-state index contributed by atoms with van der Waals surface area (Å²) in [6.45, 7) is 2.02. The van der Waals surface area contributed by atoms with Crippen molar-refractivity contribution in [3.8, 4) is 0 Å². The summed E-state index contributed by atoms with van der Waals surface area (Å²) in [7, 11) is 1.73. The summed E-state index contributed by atoms with van der Waals surface area (Å²) in [6, 6.07) is 0.00851. The number of carbonyl (C=O) groups excluding carboxylic acids is 1. The van der Waals surface area contributed by atoms with Gasteiger partial charge in [-0.3, -0.25) is 4.79 Å². The maximum Gasteiger partial charge on any atom is 0.265 e. The highest BCUT2D eigenvalue weighted by Crippen LogP contribution is 2.24. The number of anilines is 2. The van der Waals surface area contributed by atoms with Gasteiger partial charge in [-0.15, -0.1) is 0 Å². The molecule has 0 saturated heterocycles. The van der Waals surface area contributed by atoms with Gasteiger partial charge in [0.05, 0.1) is 0 Å². The normalized spacial score (nSPS) is 12.2. The van der Waals surface area contributed by atoms with Crippen LogP contribution in [0.15, 0.2) is 0 Å². The van der Waals surface area contributed by atoms with Crippen molar-refractivity contribution >= 4 is 28.2 Å². The van der Waals surface area contributed by atoms with Gasteiger partial charge in [-0.05, 0) is 19.8 Å². The van der Waals surface area contributed by atoms with Crippen LogP contribution in [-0.4, -0.2) is 35.7 Å². The summed E-state index contributed by atoms with van der Waals surface area (Å²) in [5, 5.41) is 15.0. The van der Waals surface area contributed by atoms with Crippen LogP contribution in [0.2, 0.25) is 0 Å². The van der Waals surface area contributed by atoms with Crippen LogP contribution in [0.3, 0.4) is 0 Å². The molecule has 1 aromatic rings. The molecule has 0 aliphatic heterocycles. The Morgan fingerprint density at radius 1 is 1.65 bits per heavy atom. The average Bonchev–Trinajstić information content (AvgIpc) is 2.68. The Morgan fingerprint density at radius 2 is 2.35 bits per heavy atom. The molecule has 1 amide bonds. The van der Waals surface area contributed by atoms with Gasteiger partial charge in [0.25, 0.3) is 5.91 Å². The number of aromatic nitrogens is 1. The highest BCUT2D eigenvalue weighted by atomic mass is 32.1. The van der Waals surface area contributed by atoms with Crippen molar-refractivity contribution < 1.29 is 9.90 Å². The van der Waals surface area contributed by atoms with Crippen LogP contribution in [0.1, 0.15) is 29.4 Å². The van der Waals surface area contributed by atoms with E-state index in [1.54, 1.807) is 7.05 Å². The van der Waals surface area contributed by atoms with Crippen molar-refractivity contribution in [1.82, 2.24) is 10.3 Å².